The average molecular weight is 235 g/mol. The molecule has 0 aliphatic carbocycles. The molecule has 0 fully saturated rings. The maximum atomic E-state index is 9.02. The number of aliphatic hydroxyl groups is 1. The number of aryl methyl sites for hydroxylation is 2. The second kappa shape index (κ2) is 7.33. The van der Waals surface area contributed by atoms with Gasteiger partial charge in [-0.1, -0.05) is 31.0 Å². The van der Waals surface area contributed by atoms with E-state index >= 15 is 0 Å². The molecule has 0 radical (unpaired) electrons. The van der Waals surface area contributed by atoms with Crippen LogP contribution in [-0.4, -0.2) is 18.3 Å². The molecule has 1 rings (SSSR count). The third-order valence-corrected chi connectivity index (χ3v) is 3.20. The first-order valence-electron chi connectivity index (χ1n) is 6.59. The minimum absolute atomic E-state index is 0.291. The second-order valence-corrected chi connectivity index (χ2v) is 4.87. The Hall–Kier alpha value is -1.02. The van der Waals surface area contributed by atoms with E-state index in [0.717, 1.165) is 13.0 Å². The standard InChI is InChI=1S/C15H25NO/c1-4-5-14(8-9-17)11-16-15-7-6-12(2)10-13(15)3/h6-7,10,14,16-17H,4-5,8-9,11H2,1-3H3. The van der Waals surface area contributed by atoms with Gasteiger partial charge in [0.2, 0.25) is 0 Å². The van der Waals surface area contributed by atoms with Crippen LogP contribution in [0.1, 0.15) is 37.3 Å². The van der Waals surface area contributed by atoms with Crippen LogP contribution in [0.25, 0.3) is 0 Å². The number of hydrogen-bond donors (Lipinski definition) is 2. The van der Waals surface area contributed by atoms with Gasteiger partial charge in [-0.25, -0.2) is 0 Å². The first-order chi connectivity index (χ1) is 8.17. The van der Waals surface area contributed by atoms with Gasteiger partial charge in [0.25, 0.3) is 0 Å². The molecule has 0 heterocycles. The fraction of sp³-hybridized carbons (Fsp3) is 0.600. The lowest BCUT2D eigenvalue weighted by Crippen LogP contribution is -2.16. The van der Waals surface area contributed by atoms with E-state index in [2.05, 4.69) is 44.3 Å². The van der Waals surface area contributed by atoms with Crippen LogP contribution in [0.4, 0.5) is 5.69 Å². The van der Waals surface area contributed by atoms with E-state index in [0.29, 0.717) is 12.5 Å². The zero-order chi connectivity index (χ0) is 12.7. The van der Waals surface area contributed by atoms with Crippen LogP contribution in [0.15, 0.2) is 18.2 Å². The van der Waals surface area contributed by atoms with Gasteiger partial charge in [-0.05, 0) is 44.2 Å². The zero-order valence-corrected chi connectivity index (χ0v) is 11.3. The fourth-order valence-electron chi connectivity index (χ4n) is 2.21. The van der Waals surface area contributed by atoms with Crippen molar-refractivity contribution in [3.05, 3.63) is 29.3 Å². The Morgan fingerprint density at radius 3 is 2.59 bits per heavy atom. The van der Waals surface area contributed by atoms with Crippen molar-refractivity contribution < 1.29 is 5.11 Å². The van der Waals surface area contributed by atoms with Gasteiger partial charge in [0.1, 0.15) is 0 Å². The van der Waals surface area contributed by atoms with E-state index < -0.39 is 0 Å². The molecule has 96 valence electrons. The van der Waals surface area contributed by atoms with Gasteiger partial charge in [-0.2, -0.15) is 0 Å². The smallest absolute Gasteiger partial charge is 0.0434 e. The highest BCUT2D eigenvalue weighted by atomic mass is 16.3. The molecule has 2 N–H and O–H groups in total. The Morgan fingerprint density at radius 2 is 2.00 bits per heavy atom. The van der Waals surface area contributed by atoms with E-state index in [-0.39, 0.29) is 0 Å². The Balaban J connectivity index is 2.52. The molecule has 2 heteroatoms. The largest absolute Gasteiger partial charge is 0.396 e. The summed E-state index contributed by atoms with van der Waals surface area (Å²) in [6.07, 6.45) is 3.25. The number of benzene rings is 1. The van der Waals surface area contributed by atoms with Gasteiger partial charge in [-0.3, -0.25) is 0 Å². The normalized spacial score (nSPS) is 12.5. The molecule has 0 spiro atoms. The van der Waals surface area contributed by atoms with Gasteiger partial charge in [0.15, 0.2) is 0 Å². The van der Waals surface area contributed by atoms with Crippen molar-refractivity contribution in [3.8, 4) is 0 Å². The molecular formula is C15H25NO. The van der Waals surface area contributed by atoms with E-state index in [9.17, 15) is 0 Å². The van der Waals surface area contributed by atoms with Crippen LogP contribution in [-0.2, 0) is 0 Å². The Bertz CT molecular complexity index is 330. The highest BCUT2D eigenvalue weighted by molar-refractivity contribution is 5.51. The summed E-state index contributed by atoms with van der Waals surface area (Å²) >= 11 is 0. The van der Waals surface area contributed by atoms with Crippen molar-refractivity contribution >= 4 is 5.69 Å². The molecule has 17 heavy (non-hydrogen) atoms. The predicted molar refractivity (Wildman–Crippen MR) is 74.5 cm³/mol. The summed E-state index contributed by atoms with van der Waals surface area (Å²) in [4.78, 5) is 0. The van der Waals surface area contributed by atoms with E-state index in [1.807, 2.05) is 0 Å². The molecule has 0 saturated carbocycles. The highest BCUT2D eigenvalue weighted by Gasteiger charge is 2.07. The molecule has 1 atom stereocenters. The number of anilines is 1. The highest BCUT2D eigenvalue weighted by Crippen LogP contribution is 2.18. The average Bonchev–Trinajstić information content (AvgIpc) is 2.28. The lowest BCUT2D eigenvalue weighted by molar-refractivity contribution is 0.255. The van der Waals surface area contributed by atoms with Crippen molar-refractivity contribution in [1.82, 2.24) is 0 Å². The third kappa shape index (κ3) is 4.78. The van der Waals surface area contributed by atoms with Crippen molar-refractivity contribution in [2.75, 3.05) is 18.5 Å². The van der Waals surface area contributed by atoms with Crippen LogP contribution >= 0.6 is 0 Å². The Morgan fingerprint density at radius 1 is 1.24 bits per heavy atom. The van der Waals surface area contributed by atoms with Gasteiger partial charge < -0.3 is 10.4 Å². The maximum Gasteiger partial charge on any atom is 0.0434 e. The van der Waals surface area contributed by atoms with Gasteiger partial charge >= 0.3 is 0 Å². The van der Waals surface area contributed by atoms with Crippen molar-refractivity contribution in [2.45, 2.75) is 40.0 Å². The molecule has 1 aromatic carbocycles. The van der Waals surface area contributed by atoms with Gasteiger partial charge in [0, 0.05) is 18.8 Å². The molecule has 2 nitrogen and oxygen atoms in total. The van der Waals surface area contributed by atoms with Crippen molar-refractivity contribution in [1.29, 1.82) is 0 Å². The van der Waals surface area contributed by atoms with Crippen LogP contribution in [0.5, 0.6) is 0 Å². The number of nitrogens with one attached hydrogen (secondary N) is 1. The SMILES string of the molecule is CCCC(CCO)CNc1ccc(C)cc1C. The van der Waals surface area contributed by atoms with Crippen molar-refractivity contribution in [3.63, 3.8) is 0 Å². The molecule has 0 bridgehead atoms. The molecule has 0 aliphatic heterocycles. The summed E-state index contributed by atoms with van der Waals surface area (Å²) in [5.74, 6) is 0.575. The molecule has 0 aromatic heterocycles. The van der Waals surface area contributed by atoms with E-state index in [1.54, 1.807) is 0 Å². The first kappa shape index (κ1) is 14.0. The van der Waals surface area contributed by atoms with Crippen LogP contribution in [0.2, 0.25) is 0 Å². The molecule has 1 aromatic rings. The van der Waals surface area contributed by atoms with Gasteiger partial charge in [-0.15, -0.1) is 0 Å². The number of aliphatic hydroxyl groups excluding tert-OH is 1. The van der Waals surface area contributed by atoms with Crippen LogP contribution in [0.3, 0.4) is 0 Å². The molecule has 1 unspecified atom stereocenters. The molecule has 0 aliphatic rings. The third-order valence-electron chi connectivity index (χ3n) is 3.20. The van der Waals surface area contributed by atoms with Crippen LogP contribution in [0, 0.1) is 19.8 Å². The van der Waals surface area contributed by atoms with Crippen molar-refractivity contribution in [2.24, 2.45) is 5.92 Å². The zero-order valence-electron chi connectivity index (χ0n) is 11.3. The first-order valence-corrected chi connectivity index (χ1v) is 6.59. The summed E-state index contributed by atoms with van der Waals surface area (Å²) in [6.45, 7) is 7.69. The van der Waals surface area contributed by atoms with E-state index in [4.69, 9.17) is 5.11 Å². The monoisotopic (exact) mass is 235 g/mol. The fourth-order valence-corrected chi connectivity index (χ4v) is 2.21. The van der Waals surface area contributed by atoms with Crippen LogP contribution < -0.4 is 5.32 Å². The number of rotatable bonds is 7. The number of hydrogen-bond acceptors (Lipinski definition) is 2. The summed E-state index contributed by atoms with van der Waals surface area (Å²) in [6, 6.07) is 6.48. The van der Waals surface area contributed by atoms with E-state index in [1.165, 1.54) is 29.7 Å². The summed E-state index contributed by atoms with van der Waals surface area (Å²) < 4.78 is 0. The predicted octanol–water partition coefficient (Wildman–Crippen LogP) is 3.51. The Kier molecular flexibility index (Phi) is 6.06. The maximum absolute atomic E-state index is 9.02. The minimum Gasteiger partial charge on any atom is -0.396 e. The molecule has 0 amide bonds. The lowest BCUT2D eigenvalue weighted by Gasteiger charge is -2.17. The summed E-state index contributed by atoms with van der Waals surface area (Å²) in [5.41, 5.74) is 3.81. The quantitative estimate of drug-likeness (QED) is 0.758. The Labute approximate surface area is 105 Å². The summed E-state index contributed by atoms with van der Waals surface area (Å²) in [7, 11) is 0. The minimum atomic E-state index is 0.291. The summed E-state index contributed by atoms with van der Waals surface area (Å²) in [5, 5.41) is 12.5. The second-order valence-electron chi connectivity index (χ2n) is 4.87. The lowest BCUT2D eigenvalue weighted by atomic mass is 10.00. The topological polar surface area (TPSA) is 32.3 Å². The molecular weight excluding hydrogens is 210 g/mol. The molecule has 0 saturated heterocycles. The van der Waals surface area contributed by atoms with Gasteiger partial charge in [0.05, 0.1) is 0 Å².